The number of nitrogens with zero attached hydrogens (tertiary/aromatic N) is 2. The van der Waals surface area contributed by atoms with Gasteiger partial charge in [0.25, 0.3) is 0 Å². The van der Waals surface area contributed by atoms with E-state index in [2.05, 4.69) is 33.1 Å². The lowest BCUT2D eigenvalue weighted by atomic mass is 9.99. The van der Waals surface area contributed by atoms with Gasteiger partial charge in [0.2, 0.25) is 0 Å². The number of rotatable bonds is 4. The normalized spacial score (nSPS) is 13.9. The van der Waals surface area contributed by atoms with Crippen LogP contribution in [0.15, 0.2) is 54.9 Å². The molecule has 3 aromatic rings. The van der Waals surface area contributed by atoms with Crippen LogP contribution in [0.25, 0.3) is 16.6 Å². The second-order valence-electron chi connectivity index (χ2n) is 6.22. The highest BCUT2D eigenvalue weighted by Crippen LogP contribution is 2.27. The Morgan fingerprint density at radius 1 is 1.19 bits per heavy atom. The predicted molar refractivity (Wildman–Crippen MR) is 105 cm³/mol. The van der Waals surface area contributed by atoms with Crippen LogP contribution in [-0.2, 0) is 6.54 Å². The van der Waals surface area contributed by atoms with Gasteiger partial charge in [0.05, 0.1) is 5.56 Å². The van der Waals surface area contributed by atoms with E-state index in [1.165, 1.54) is 11.1 Å². The summed E-state index contributed by atoms with van der Waals surface area (Å²) in [7, 11) is 0. The summed E-state index contributed by atoms with van der Waals surface area (Å²) in [5.41, 5.74) is 4.94. The average Bonchev–Trinajstić information content (AvgIpc) is 3.06. The number of carboxylic acid groups (broad SMARTS) is 1. The summed E-state index contributed by atoms with van der Waals surface area (Å²) in [6, 6.07) is 11.2. The van der Waals surface area contributed by atoms with Gasteiger partial charge in [-0.15, -0.1) is 12.4 Å². The van der Waals surface area contributed by atoms with Crippen molar-refractivity contribution in [3.8, 4) is 0 Å². The molecule has 0 saturated carbocycles. The molecule has 0 amide bonds. The van der Waals surface area contributed by atoms with E-state index in [0.29, 0.717) is 12.1 Å². The van der Waals surface area contributed by atoms with Crippen LogP contribution < -0.4 is 5.32 Å². The Hall–Kier alpha value is -2.63. The Labute approximate surface area is 157 Å². The number of aromatic carboxylic acids is 1. The predicted octanol–water partition coefficient (Wildman–Crippen LogP) is 3.58. The third-order valence-corrected chi connectivity index (χ3v) is 4.63. The van der Waals surface area contributed by atoms with Gasteiger partial charge in [0.15, 0.2) is 0 Å². The van der Waals surface area contributed by atoms with Crippen LogP contribution in [0, 0.1) is 0 Å². The van der Waals surface area contributed by atoms with Crippen molar-refractivity contribution in [1.29, 1.82) is 0 Å². The van der Waals surface area contributed by atoms with Crippen molar-refractivity contribution in [3.63, 3.8) is 0 Å². The van der Waals surface area contributed by atoms with E-state index in [4.69, 9.17) is 5.11 Å². The summed E-state index contributed by atoms with van der Waals surface area (Å²) in [6.07, 6.45) is 7.19. The summed E-state index contributed by atoms with van der Waals surface area (Å²) >= 11 is 0. The molecule has 0 atom stereocenters. The quantitative estimate of drug-likeness (QED) is 0.737. The van der Waals surface area contributed by atoms with E-state index < -0.39 is 5.97 Å². The molecule has 2 N–H and O–H groups in total. The highest BCUT2D eigenvalue weighted by molar-refractivity contribution is 5.90. The molecule has 0 fully saturated rings. The molecule has 0 spiro atoms. The number of halogens is 1. The Balaban J connectivity index is 0.00000196. The first-order chi connectivity index (χ1) is 12.2. The molecule has 6 heteroatoms. The molecule has 1 aliphatic rings. The number of hydrogen-bond acceptors (Lipinski definition) is 3. The van der Waals surface area contributed by atoms with Crippen molar-refractivity contribution in [2.75, 3.05) is 13.1 Å². The van der Waals surface area contributed by atoms with Crippen LogP contribution in [-0.4, -0.2) is 33.7 Å². The second kappa shape index (κ2) is 7.72. The summed E-state index contributed by atoms with van der Waals surface area (Å²) in [6.45, 7) is 2.59. The number of carbonyl (C=O) groups is 1. The Kier molecular flexibility index (Phi) is 5.40. The Morgan fingerprint density at radius 2 is 2.00 bits per heavy atom. The number of nitrogens with one attached hydrogen (secondary N) is 1. The molecule has 5 nitrogen and oxygen atoms in total. The molecule has 2 aromatic heterocycles. The smallest absolute Gasteiger partial charge is 0.335 e. The van der Waals surface area contributed by atoms with E-state index in [1.807, 2.05) is 24.5 Å². The van der Waals surface area contributed by atoms with Gasteiger partial charge in [0.1, 0.15) is 5.65 Å². The zero-order valence-electron chi connectivity index (χ0n) is 14.2. The lowest BCUT2D eigenvalue weighted by molar-refractivity contribution is 0.0697. The first kappa shape index (κ1) is 18.2. The van der Waals surface area contributed by atoms with Gasteiger partial charge in [-0.05, 0) is 53.9 Å². The lowest BCUT2D eigenvalue weighted by Crippen LogP contribution is -2.20. The van der Waals surface area contributed by atoms with Gasteiger partial charge in [0, 0.05) is 30.9 Å². The van der Waals surface area contributed by atoms with Crippen molar-refractivity contribution in [1.82, 2.24) is 14.9 Å². The van der Waals surface area contributed by atoms with Crippen molar-refractivity contribution in [3.05, 3.63) is 71.6 Å². The van der Waals surface area contributed by atoms with Crippen LogP contribution in [0.1, 0.15) is 27.9 Å². The van der Waals surface area contributed by atoms with Gasteiger partial charge in [-0.1, -0.05) is 18.2 Å². The van der Waals surface area contributed by atoms with Crippen molar-refractivity contribution >= 4 is 35.0 Å². The highest BCUT2D eigenvalue weighted by Gasteiger charge is 2.12. The fourth-order valence-corrected chi connectivity index (χ4v) is 3.31. The molecule has 1 aliphatic heterocycles. The zero-order valence-corrected chi connectivity index (χ0v) is 15.0. The zero-order chi connectivity index (χ0) is 17.2. The first-order valence-electron chi connectivity index (χ1n) is 8.38. The molecule has 1 aromatic carbocycles. The minimum absolute atomic E-state index is 0. The summed E-state index contributed by atoms with van der Waals surface area (Å²) in [4.78, 5) is 15.5. The minimum Gasteiger partial charge on any atom is -0.478 e. The molecule has 3 heterocycles. The summed E-state index contributed by atoms with van der Waals surface area (Å²) in [5, 5.41) is 13.5. The molecule has 0 bridgehead atoms. The Morgan fingerprint density at radius 3 is 2.69 bits per heavy atom. The maximum absolute atomic E-state index is 11.0. The molecular weight excluding hydrogens is 350 g/mol. The standard InChI is InChI=1S/C20H19N3O2.ClH/c24-20(25)16-3-1-14(2-4-16)13-23-12-8-18-17(7-11-22-19(18)23)15-5-9-21-10-6-15;/h1-5,7-8,11-12,21H,6,9-10,13H2,(H,24,25);1H. The molecule has 0 radical (unpaired) electrons. The van der Waals surface area contributed by atoms with Crippen LogP contribution >= 0.6 is 12.4 Å². The fraction of sp³-hybridized carbons (Fsp3) is 0.200. The second-order valence-corrected chi connectivity index (χ2v) is 6.22. The number of fused-ring (bicyclic) bond motifs is 1. The van der Waals surface area contributed by atoms with Crippen molar-refractivity contribution in [2.45, 2.75) is 13.0 Å². The monoisotopic (exact) mass is 369 g/mol. The van der Waals surface area contributed by atoms with Gasteiger partial charge in [-0.3, -0.25) is 0 Å². The summed E-state index contributed by atoms with van der Waals surface area (Å²) < 4.78 is 2.11. The number of aromatic nitrogens is 2. The number of benzene rings is 1. The first-order valence-corrected chi connectivity index (χ1v) is 8.38. The number of pyridine rings is 1. The highest BCUT2D eigenvalue weighted by atomic mass is 35.5. The van der Waals surface area contributed by atoms with Crippen LogP contribution in [0.5, 0.6) is 0 Å². The molecule has 0 unspecified atom stereocenters. The van der Waals surface area contributed by atoms with Gasteiger partial charge in [-0.25, -0.2) is 9.78 Å². The third kappa shape index (κ3) is 3.49. The topological polar surface area (TPSA) is 67.2 Å². The maximum atomic E-state index is 11.0. The summed E-state index contributed by atoms with van der Waals surface area (Å²) in [5.74, 6) is -0.903. The molecule has 0 saturated heterocycles. The van der Waals surface area contributed by atoms with Crippen LogP contribution in [0.4, 0.5) is 0 Å². The fourth-order valence-electron chi connectivity index (χ4n) is 3.31. The van der Waals surface area contributed by atoms with Gasteiger partial charge in [-0.2, -0.15) is 0 Å². The number of carboxylic acids is 1. The van der Waals surface area contributed by atoms with E-state index in [-0.39, 0.29) is 12.4 Å². The average molecular weight is 370 g/mol. The SMILES string of the molecule is Cl.O=C(O)c1ccc(Cn2ccc3c(C4=CCNCC4)ccnc32)cc1. The van der Waals surface area contributed by atoms with Crippen molar-refractivity contribution < 1.29 is 9.90 Å². The van der Waals surface area contributed by atoms with Crippen LogP contribution in [0.2, 0.25) is 0 Å². The maximum Gasteiger partial charge on any atom is 0.335 e. The largest absolute Gasteiger partial charge is 0.478 e. The molecule has 134 valence electrons. The van der Waals surface area contributed by atoms with E-state index >= 15 is 0 Å². The molecule has 26 heavy (non-hydrogen) atoms. The van der Waals surface area contributed by atoms with Gasteiger partial charge < -0.3 is 15.0 Å². The Bertz CT molecular complexity index is 961. The minimum atomic E-state index is -0.903. The van der Waals surface area contributed by atoms with Crippen LogP contribution in [0.3, 0.4) is 0 Å². The molecule has 4 rings (SSSR count). The van der Waals surface area contributed by atoms with Gasteiger partial charge >= 0.3 is 5.97 Å². The third-order valence-electron chi connectivity index (χ3n) is 4.63. The molecular formula is C20H20ClN3O2. The van der Waals surface area contributed by atoms with E-state index in [1.54, 1.807) is 12.1 Å². The van der Waals surface area contributed by atoms with Crippen molar-refractivity contribution in [2.24, 2.45) is 0 Å². The lowest BCUT2D eigenvalue weighted by Gasteiger charge is -2.15. The number of hydrogen-bond donors (Lipinski definition) is 2. The van der Waals surface area contributed by atoms with E-state index in [9.17, 15) is 4.79 Å². The van der Waals surface area contributed by atoms with E-state index in [0.717, 1.165) is 36.1 Å². The molecule has 0 aliphatic carbocycles.